The van der Waals surface area contributed by atoms with Gasteiger partial charge in [0, 0.05) is 13.1 Å². The summed E-state index contributed by atoms with van der Waals surface area (Å²) in [6.45, 7) is 6.78. The molecule has 4 nitrogen and oxygen atoms in total. The van der Waals surface area contributed by atoms with Crippen molar-refractivity contribution < 1.29 is 4.74 Å². The number of aliphatic imine (C=N–C) groups is 1. The van der Waals surface area contributed by atoms with Gasteiger partial charge in [-0.05, 0) is 32.4 Å². The van der Waals surface area contributed by atoms with Crippen LogP contribution < -0.4 is 15.4 Å². The lowest BCUT2D eigenvalue weighted by atomic mass is 10.2. The first kappa shape index (κ1) is 16.1. The molecule has 0 fully saturated rings. The summed E-state index contributed by atoms with van der Waals surface area (Å²) in [5.74, 6) is 1.80. The molecule has 1 unspecified atom stereocenters. The van der Waals surface area contributed by atoms with Crippen LogP contribution in [0, 0.1) is 6.92 Å². The summed E-state index contributed by atoms with van der Waals surface area (Å²) in [6, 6.07) is 8.12. The maximum Gasteiger partial charge on any atom is 0.191 e. The van der Waals surface area contributed by atoms with Crippen molar-refractivity contribution in [2.24, 2.45) is 4.99 Å². The highest BCUT2D eigenvalue weighted by atomic mass is 127. The summed E-state index contributed by atoms with van der Waals surface area (Å²) >= 11 is 0. The minimum Gasteiger partial charge on any atom is -0.489 e. The molecule has 1 aliphatic heterocycles. The fourth-order valence-corrected chi connectivity index (χ4v) is 1.78. The Kier molecular flexibility index (Phi) is 6.97. The molecule has 1 aliphatic rings. The second-order valence-corrected chi connectivity index (χ2v) is 4.63. The molecule has 0 saturated carbocycles. The number of hydrogen-bond donors (Lipinski definition) is 2. The standard InChI is InChI=1S/C14H21N3O.HI/c1-11-4-6-13(7-5-11)18-12(2)10-17-14-15-8-3-9-16-14;/h4-7,12H,3,8-10H2,1-2H3,(H2,15,16,17);1H. The van der Waals surface area contributed by atoms with Crippen LogP contribution in [0.3, 0.4) is 0 Å². The molecule has 1 heterocycles. The van der Waals surface area contributed by atoms with Crippen molar-refractivity contribution >= 4 is 29.9 Å². The second-order valence-electron chi connectivity index (χ2n) is 4.63. The van der Waals surface area contributed by atoms with E-state index in [0.717, 1.165) is 37.8 Å². The fraction of sp³-hybridized carbons (Fsp3) is 0.500. The zero-order valence-corrected chi connectivity index (χ0v) is 13.8. The number of rotatable bonds is 4. The van der Waals surface area contributed by atoms with E-state index in [2.05, 4.69) is 41.6 Å². The van der Waals surface area contributed by atoms with Gasteiger partial charge in [0.15, 0.2) is 5.96 Å². The van der Waals surface area contributed by atoms with Gasteiger partial charge in [-0.15, -0.1) is 24.0 Å². The summed E-state index contributed by atoms with van der Waals surface area (Å²) in [6.07, 6.45) is 1.22. The number of hydrogen-bond acceptors (Lipinski definition) is 4. The van der Waals surface area contributed by atoms with E-state index < -0.39 is 0 Å². The lowest BCUT2D eigenvalue weighted by Crippen LogP contribution is -2.44. The van der Waals surface area contributed by atoms with Crippen molar-refractivity contribution in [2.45, 2.75) is 26.4 Å². The molecule has 0 amide bonds. The van der Waals surface area contributed by atoms with Gasteiger partial charge >= 0.3 is 0 Å². The van der Waals surface area contributed by atoms with E-state index in [-0.39, 0.29) is 30.1 Å². The van der Waals surface area contributed by atoms with Crippen molar-refractivity contribution in [3.63, 3.8) is 0 Å². The molecule has 0 bridgehead atoms. The third-order valence-electron chi connectivity index (χ3n) is 2.81. The first-order chi connectivity index (χ1) is 8.74. The lowest BCUT2D eigenvalue weighted by molar-refractivity contribution is 0.223. The minimum absolute atomic E-state index is 0. The maximum absolute atomic E-state index is 5.82. The van der Waals surface area contributed by atoms with Crippen molar-refractivity contribution in [3.05, 3.63) is 29.8 Å². The van der Waals surface area contributed by atoms with E-state index in [4.69, 9.17) is 4.74 Å². The SMILES string of the molecule is Cc1ccc(OC(C)CNC2=NCCCN2)cc1.I. The van der Waals surface area contributed by atoms with Crippen LogP contribution in [0.15, 0.2) is 29.3 Å². The molecule has 2 rings (SSSR count). The summed E-state index contributed by atoms with van der Waals surface area (Å²) in [5.41, 5.74) is 1.24. The Labute approximate surface area is 132 Å². The maximum atomic E-state index is 5.82. The van der Waals surface area contributed by atoms with Crippen LogP contribution in [0.4, 0.5) is 0 Å². The van der Waals surface area contributed by atoms with E-state index in [0.29, 0.717) is 0 Å². The average Bonchev–Trinajstić information content (AvgIpc) is 2.40. The van der Waals surface area contributed by atoms with Gasteiger partial charge < -0.3 is 15.4 Å². The molecule has 1 aromatic carbocycles. The van der Waals surface area contributed by atoms with Crippen molar-refractivity contribution in [2.75, 3.05) is 19.6 Å². The van der Waals surface area contributed by atoms with Crippen molar-refractivity contribution in [1.29, 1.82) is 0 Å². The average molecular weight is 375 g/mol. The molecule has 0 saturated heterocycles. The van der Waals surface area contributed by atoms with E-state index in [1.165, 1.54) is 5.56 Å². The van der Waals surface area contributed by atoms with E-state index in [1.54, 1.807) is 0 Å². The molecule has 106 valence electrons. The highest BCUT2D eigenvalue weighted by Gasteiger charge is 2.07. The van der Waals surface area contributed by atoms with Gasteiger partial charge in [-0.25, -0.2) is 0 Å². The molecule has 2 N–H and O–H groups in total. The van der Waals surface area contributed by atoms with Crippen LogP contribution >= 0.6 is 24.0 Å². The van der Waals surface area contributed by atoms with Gasteiger partial charge in [0.2, 0.25) is 0 Å². The van der Waals surface area contributed by atoms with Gasteiger partial charge in [-0.1, -0.05) is 17.7 Å². The molecule has 1 atom stereocenters. The number of halogens is 1. The molecular weight excluding hydrogens is 353 g/mol. The van der Waals surface area contributed by atoms with Crippen LogP contribution in [-0.2, 0) is 0 Å². The van der Waals surface area contributed by atoms with Crippen molar-refractivity contribution in [1.82, 2.24) is 10.6 Å². The normalized spacial score (nSPS) is 15.6. The fourth-order valence-electron chi connectivity index (χ4n) is 1.78. The molecule has 0 radical (unpaired) electrons. The third kappa shape index (κ3) is 5.67. The quantitative estimate of drug-likeness (QED) is 0.795. The summed E-state index contributed by atoms with van der Waals surface area (Å²) in [4.78, 5) is 4.36. The number of aryl methyl sites for hydroxylation is 1. The molecule has 5 heteroatoms. The monoisotopic (exact) mass is 375 g/mol. The Hall–Kier alpha value is -0.980. The Morgan fingerprint density at radius 2 is 2.11 bits per heavy atom. The number of guanidine groups is 1. The number of ether oxygens (including phenoxy) is 1. The number of nitrogens with zero attached hydrogens (tertiary/aromatic N) is 1. The molecular formula is C14H22IN3O. The molecule has 0 spiro atoms. The number of nitrogens with one attached hydrogen (secondary N) is 2. The predicted octanol–water partition coefficient (Wildman–Crippen LogP) is 2.32. The smallest absolute Gasteiger partial charge is 0.191 e. The zero-order valence-electron chi connectivity index (χ0n) is 11.5. The summed E-state index contributed by atoms with van der Waals surface area (Å²) in [7, 11) is 0. The lowest BCUT2D eigenvalue weighted by Gasteiger charge is -2.19. The Balaban J connectivity index is 0.00000180. The highest BCUT2D eigenvalue weighted by molar-refractivity contribution is 14.0. The van der Waals surface area contributed by atoms with Crippen LogP contribution in [0.25, 0.3) is 0 Å². The zero-order chi connectivity index (χ0) is 12.8. The topological polar surface area (TPSA) is 45.6 Å². The Bertz CT molecular complexity index is 406. The van der Waals surface area contributed by atoms with E-state index in [1.807, 2.05) is 12.1 Å². The van der Waals surface area contributed by atoms with Gasteiger partial charge in [0.1, 0.15) is 11.9 Å². The molecule has 1 aromatic rings. The molecule has 0 aromatic heterocycles. The second kappa shape index (κ2) is 8.24. The van der Waals surface area contributed by atoms with Gasteiger partial charge in [0.05, 0.1) is 6.54 Å². The van der Waals surface area contributed by atoms with Crippen LogP contribution in [0.1, 0.15) is 18.9 Å². The predicted molar refractivity (Wildman–Crippen MR) is 89.6 cm³/mol. The number of benzene rings is 1. The highest BCUT2D eigenvalue weighted by Crippen LogP contribution is 2.12. The molecule has 19 heavy (non-hydrogen) atoms. The summed E-state index contributed by atoms with van der Waals surface area (Å²) < 4.78 is 5.82. The molecule has 0 aliphatic carbocycles. The summed E-state index contributed by atoms with van der Waals surface area (Å²) in [5, 5.41) is 6.50. The third-order valence-corrected chi connectivity index (χ3v) is 2.81. The van der Waals surface area contributed by atoms with E-state index >= 15 is 0 Å². The van der Waals surface area contributed by atoms with Crippen molar-refractivity contribution in [3.8, 4) is 5.75 Å². The minimum atomic E-state index is 0. The van der Waals surface area contributed by atoms with Gasteiger partial charge in [-0.2, -0.15) is 0 Å². The first-order valence-electron chi connectivity index (χ1n) is 6.49. The van der Waals surface area contributed by atoms with E-state index in [9.17, 15) is 0 Å². The van der Waals surface area contributed by atoms with Gasteiger partial charge in [-0.3, -0.25) is 4.99 Å². The van der Waals surface area contributed by atoms with Crippen LogP contribution in [0.2, 0.25) is 0 Å². The van der Waals surface area contributed by atoms with Crippen LogP contribution in [-0.4, -0.2) is 31.7 Å². The Morgan fingerprint density at radius 3 is 2.74 bits per heavy atom. The van der Waals surface area contributed by atoms with Gasteiger partial charge in [0.25, 0.3) is 0 Å². The van der Waals surface area contributed by atoms with Crippen LogP contribution in [0.5, 0.6) is 5.75 Å². The largest absolute Gasteiger partial charge is 0.489 e. The first-order valence-corrected chi connectivity index (χ1v) is 6.49. The Morgan fingerprint density at radius 1 is 1.37 bits per heavy atom.